The number of amides is 1. The van der Waals surface area contributed by atoms with Gasteiger partial charge in [0.2, 0.25) is 5.91 Å². The molecule has 0 fully saturated rings. The second-order valence-electron chi connectivity index (χ2n) is 8.57. The Bertz CT molecular complexity index is 1250. The van der Waals surface area contributed by atoms with Crippen molar-refractivity contribution in [1.82, 2.24) is 4.90 Å². The Hall–Kier alpha value is -4.13. The molecule has 0 aromatic heterocycles. The van der Waals surface area contributed by atoms with Crippen LogP contribution in [0.25, 0.3) is 0 Å². The molecule has 3 aromatic rings. The lowest BCUT2D eigenvalue weighted by Gasteiger charge is -2.34. The highest BCUT2D eigenvalue weighted by Gasteiger charge is 2.37. The maximum absolute atomic E-state index is 13.5. The van der Waals surface area contributed by atoms with Crippen LogP contribution in [0.5, 0.6) is 11.5 Å². The summed E-state index contributed by atoms with van der Waals surface area (Å²) < 4.78 is 29.9. The second-order valence-corrected chi connectivity index (χ2v) is 8.57. The maximum Gasteiger partial charge on any atom is 0.336 e. The van der Waals surface area contributed by atoms with E-state index in [0.717, 1.165) is 11.1 Å². The third kappa shape index (κ3) is 5.57. The molecule has 0 radical (unpaired) electrons. The van der Waals surface area contributed by atoms with E-state index in [1.54, 1.807) is 56.4 Å². The van der Waals surface area contributed by atoms with Gasteiger partial charge in [-0.3, -0.25) is 4.79 Å². The first-order valence-electron chi connectivity index (χ1n) is 11.6. The van der Waals surface area contributed by atoms with Crippen LogP contribution >= 0.6 is 0 Å². The highest BCUT2D eigenvalue weighted by molar-refractivity contribution is 5.96. The first kappa shape index (κ1) is 25.0. The zero-order valence-corrected chi connectivity index (χ0v) is 20.5. The molecule has 0 N–H and O–H groups in total. The molecular weight excluding hydrogens is 461 g/mol. The summed E-state index contributed by atoms with van der Waals surface area (Å²) in [7, 11) is 3.09. The van der Waals surface area contributed by atoms with Crippen LogP contribution in [-0.2, 0) is 27.5 Å². The fraction of sp³-hybridized carbons (Fsp3) is 0.241. The Kier molecular flexibility index (Phi) is 7.68. The predicted octanol–water partition coefficient (Wildman–Crippen LogP) is 5.38. The first-order valence-corrected chi connectivity index (χ1v) is 11.6. The Balaban J connectivity index is 1.73. The SMILES string of the molecule is COc1cc(OC)cc(C2CC(=O)N(Cc3ccc(F)cc3)C(C)=C2C(=O)OCc2ccccc2)c1. The van der Waals surface area contributed by atoms with Crippen molar-refractivity contribution in [2.45, 2.75) is 32.4 Å². The minimum Gasteiger partial charge on any atom is -0.497 e. The Labute approximate surface area is 209 Å². The Morgan fingerprint density at radius 2 is 1.58 bits per heavy atom. The fourth-order valence-electron chi connectivity index (χ4n) is 4.36. The third-order valence-corrected chi connectivity index (χ3v) is 6.29. The molecule has 1 unspecified atom stereocenters. The van der Waals surface area contributed by atoms with Gasteiger partial charge in [0.05, 0.1) is 26.3 Å². The topological polar surface area (TPSA) is 65.1 Å². The highest BCUT2D eigenvalue weighted by Crippen LogP contribution is 2.40. The predicted molar refractivity (Wildman–Crippen MR) is 133 cm³/mol. The van der Waals surface area contributed by atoms with Crippen LogP contribution in [0.1, 0.15) is 36.0 Å². The monoisotopic (exact) mass is 489 g/mol. The molecule has 1 aliphatic rings. The summed E-state index contributed by atoms with van der Waals surface area (Å²) in [5.74, 6) is -0.439. The molecule has 1 heterocycles. The van der Waals surface area contributed by atoms with Crippen molar-refractivity contribution < 1.29 is 28.2 Å². The standard InChI is InChI=1S/C29H28FNO5/c1-19-28(29(33)36-18-21-7-5-4-6-8-21)26(22-13-24(34-2)15-25(14-22)35-3)16-27(32)31(19)17-20-9-11-23(30)12-10-20/h4-15,26H,16-18H2,1-3H3. The van der Waals surface area contributed by atoms with Crippen LogP contribution < -0.4 is 9.47 Å². The smallest absolute Gasteiger partial charge is 0.336 e. The van der Waals surface area contributed by atoms with Gasteiger partial charge in [-0.25, -0.2) is 9.18 Å². The summed E-state index contributed by atoms with van der Waals surface area (Å²) in [6, 6.07) is 20.7. The summed E-state index contributed by atoms with van der Waals surface area (Å²) >= 11 is 0. The van der Waals surface area contributed by atoms with Crippen LogP contribution in [0.2, 0.25) is 0 Å². The maximum atomic E-state index is 13.5. The molecule has 0 saturated heterocycles. The average Bonchev–Trinajstić information content (AvgIpc) is 2.90. The van der Waals surface area contributed by atoms with Gasteiger partial charge in [0.15, 0.2) is 0 Å². The van der Waals surface area contributed by atoms with E-state index in [4.69, 9.17) is 14.2 Å². The van der Waals surface area contributed by atoms with E-state index in [-0.39, 0.29) is 31.3 Å². The molecule has 6 nitrogen and oxygen atoms in total. The molecule has 1 amide bonds. The van der Waals surface area contributed by atoms with Crippen LogP contribution in [0.15, 0.2) is 84.1 Å². The molecule has 0 saturated carbocycles. The number of rotatable bonds is 8. The van der Waals surface area contributed by atoms with Gasteiger partial charge < -0.3 is 19.1 Å². The molecule has 4 rings (SSSR count). The third-order valence-electron chi connectivity index (χ3n) is 6.29. The molecule has 36 heavy (non-hydrogen) atoms. The summed E-state index contributed by atoms with van der Waals surface area (Å²) in [6.07, 6.45) is 0.0601. The van der Waals surface area contributed by atoms with E-state index >= 15 is 0 Å². The van der Waals surface area contributed by atoms with Crippen molar-refractivity contribution in [3.63, 3.8) is 0 Å². The minimum absolute atomic E-state index is 0.0601. The summed E-state index contributed by atoms with van der Waals surface area (Å²) in [5, 5.41) is 0. The molecule has 0 bridgehead atoms. The van der Waals surface area contributed by atoms with Crippen molar-refractivity contribution >= 4 is 11.9 Å². The summed E-state index contributed by atoms with van der Waals surface area (Å²) in [4.78, 5) is 28.4. The molecule has 0 aliphatic carbocycles. The van der Waals surface area contributed by atoms with Gasteiger partial charge in [-0.2, -0.15) is 0 Å². The van der Waals surface area contributed by atoms with E-state index in [0.29, 0.717) is 28.3 Å². The number of methoxy groups -OCH3 is 2. The van der Waals surface area contributed by atoms with Crippen molar-refractivity contribution in [3.05, 3.63) is 107 Å². The highest BCUT2D eigenvalue weighted by atomic mass is 19.1. The normalized spacial score (nSPS) is 15.6. The van der Waals surface area contributed by atoms with Crippen molar-refractivity contribution in [3.8, 4) is 11.5 Å². The molecule has 7 heteroatoms. The number of esters is 1. The number of benzene rings is 3. The zero-order chi connectivity index (χ0) is 25.7. The molecule has 1 atom stereocenters. The molecular formula is C29H28FNO5. The molecule has 0 spiro atoms. The number of carbonyl (C=O) groups is 2. The van der Waals surface area contributed by atoms with Gasteiger partial charge in [0.25, 0.3) is 0 Å². The first-order chi connectivity index (χ1) is 17.4. The van der Waals surface area contributed by atoms with Gasteiger partial charge in [-0.05, 0) is 47.9 Å². The van der Waals surface area contributed by atoms with Gasteiger partial charge in [0.1, 0.15) is 23.9 Å². The minimum atomic E-state index is -0.547. The number of halogens is 1. The van der Waals surface area contributed by atoms with Gasteiger partial charge >= 0.3 is 5.97 Å². The van der Waals surface area contributed by atoms with E-state index in [9.17, 15) is 14.0 Å². The lowest BCUT2D eigenvalue weighted by atomic mass is 9.83. The van der Waals surface area contributed by atoms with E-state index in [1.165, 1.54) is 12.1 Å². The van der Waals surface area contributed by atoms with E-state index < -0.39 is 11.9 Å². The number of allylic oxidation sites excluding steroid dienone is 1. The number of ether oxygens (including phenoxy) is 3. The Morgan fingerprint density at radius 3 is 2.19 bits per heavy atom. The summed E-state index contributed by atoms with van der Waals surface area (Å²) in [5.41, 5.74) is 3.22. The van der Waals surface area contributed by atoms with Crippen LogP contribution in [0.4, 0.5) is 4.39 Å². The van der Waals surface area contributed by atoms with Crippen LogP contribution in [-0.4, -0.2) is 31.0 Å². The van der Waals surface area contributed by atoms with Crippen LogP contribution in [0, 0.1) is 5.82 Å². The lowest BCUT2D eigenvalue weighted by molar-refractivity contribution is -0.141. The number of hydrogen-bond donors (Lipinski definition) is 0. The van der Waals surface area contributed by atoms with Gasteiger partial charge in [-0.15, -0.1) is 0 Å². The largest absolute Gasteiger partial charge is 0.497 e. The van der Waals surface area contributed by atoms with Gasteiger partial charge in [0, 0.05) is 24.1 Å². The number of hydrogen-bond acceptors (Lipinski definition) is 5. The summed E-state index contributed by atoms with van der Waals surface area (Å²) in [6.45, 7) is 2.06. The average molecular weight is 490 g/mol. The van der Waals surface area contributed by atoms with Crippen LogP contribution in [0.3, 0.4) is 0 Å². The Morgan fingerprint density at radius 1 is 0.944 bits per heavy atom. The number of carbonyl (C=O) groups excluding carboxylic acids is 2. The van der Waals surface area contributed by atoms with Crippen molar-refractivity contribution in [2.24, 2.45) is 0 Å². The van der Waals surface area contributed by atoms with E-state index in [1.807, 2.05) is 30.3 Å². The lowest BCUT2D eigenvalue weighted by Crippen LogP contribution is -2.38. The second kappa shape index (κ2) is 11.1. The molecule has 3 aromatic carbocycles. The van der Waals surface area contributed by atoms with Crippen molar-refractivity contribution in [2.75, 3.05) is 14.2 Å². The quantitative estimate of drug-likeness (QED) is 0.398. The van der Waals surface area contributed by atoms with Gasteiger partial charge in [-0.1, -0.05) is 42.5 Å². The molecule has 186 valence electrons. The zero-order valence-electron chi connectivity index (χ0n) is 20.5. The fourth-order valence-corrected chi connectivity index (χ4v) is 4.36. The van der Waals surface area contributed by atoms with Crippen molar-refractivity contribution in [1.29, 1.82) is 0 Å². The number of nitrogens with zero attached hydrogens (tertiary/aromatic N) is 1. The van der Waals surface area contributed by atoms with E-state index in [2.05, 4.69) is 0 Å². The molecule has 1 aliphatic heterocycles.